The molecule has 0 radical (unpaired) electrons. The molecule has 12 heteroatoms. The van der Waals surface area contributed by atoms with Crippen molar-refractivity contribution in [2.75, 3.05) is 11.9 Å². The molecule has 0 aliphatic rings. The maximum atomic E-state index is 13.7. The number of nitrogens with one attached hydrogen (secondary N) is 4. The number of halogens is 3. The molecule has 3 aromatic rings. The van der Waals surface area contributed by atoms with Gasteiger partial charge < -0.3 is 21.1 Å². The fourth-order valence-corrected chi connectivity index (χ4v) is 3.40. The Balaban J connectivity index is 1.51. The summed E-state index contributed by atoms with van der Waals surface area (Å²) in [5.41, 5.74) is 3.21. The van der Waals surface area contributed by atoms with Crippen molar-refractivity contribution < 1.29 is 37.9 Å². The summed E-state index contributed by atoms with van der Waals surface area (Å²) in [4.78, 5) is 36.0. The second kappa shape index (κ2) is 13.9. The van der Waals surface area contributed by atoms with Gasteiger partial charge in [-0.1, -0.05) is 11.8 Å². The molecule has 2 unspecified atom stereocenters. The van der Waals surface area contributed by atoms with Crippen LogP contribution in [0.15, 0.2) is 60.7 Å². The molecule has 3 amide bonds. The van der Waals surface area contributed by atoms with Crippen molar-refractivity contribution in [1.29, 1.82) is 0 Å². The maximum Gasteiger partial charge on any atom is 0.268 e. The van der Waals surface area contributed by atoms with Crippen molar-refractivity contribution in [1.82, 2.24) is 16.1 Å². The summed E-state index contributed by atoms with van der Waals surface area (Å²) in [5.74, 6) is 0.487. The van der Waals surface area contributed by atoms with Gasteiger partial charge in [-0.2, -0.15) is 0 Å². The van der Waals surface area contributed by atoms with Crippen LogP contribution in [0.5, 0.6) is 0 Å². The van der Waals surface area contributed by atoms with Crippen LogP contribution in [0.25, 0.3) is 0 Å². The monoisotopic (exact) mass is 554 g/mol. The Labute approximate surface area is 227 Å². The van der Waals surface area contributed by atoms with Crippen molar-refractivity contribution in [3.05, 3.63) is 100 Å². The molecule has 0 saturated heterocycles. The molecule has 0 aliphatic heterocycles. The average molecular weight is 555 g/mol. The van der Waals surface area contributed by atoms with E-state index in [9.17, 15) is 32.7 Å². The molecule has 0 heterocycles. The molecule has 6 N–H and O–H groups in total. The largest absolute Gasteiger partial charge is 0.391 e. The maximum absolute atomic E-state index is 13.7. The molecule has 208 valence electrons. The molecule has 0 aliphatic carbocycles. The van der Waals surface area contributed by atoms with E-state index in [1.165, 1.54) is 24.5 Å². The number of rotatable bonds is 9. The highest BCUT2D eigenvalue weighted by molar-refractivity contribution is 5.97. The summed E-state index contributed by atoms with van der Waals surface area (Å²) in [5, 5.41) is 26.0. The SMILES string of the molecule is CC(O)C(NC(=O)c1ccc(C#Cc2ccc(NC(=O)CNCc3cc(F)c(F)cc3F)cc2)cc1)C(=O)NO. The molecular weight excluding hydrogens is 529 g/mol. The third kappa shape index (κ3) is 8.40. The number of hydroxylamine groups is 1. The summed E-state index contributed by atoms with van der Waals surface area (Å²) in [6.07, 6.45) is -1.23. The minimum Gasteiger partial charge on any atom is -0.391 e. The van der Waals surface area contributed by atoms with Crippen molar-refractivity contribution in [3.8, 4) is 11.8 Å². The second-order valence-electron chi connectivity index (χ2n) is 8.58. The van der Waals surface area contributed by atoms with Gasteiger partial charge in [0.2, 0.25) is 5.91 Å². The number of aliphatic hydroxyl groups excluding tert-OH is 1. The summed E-state index contributed by atoms with van der Waals surface area (Å²) in [6.45, 7) is 0.935. The minimum atomic E-state index is -1.34. The zero-order valence-electron chi connectivity index (χ0n) is 21.1. The van der Waals surface area contributed by atoms with E-state index in [4.69, 9.17) is 5.21 Å². The summed E-state index contributed by atoms with van der Waals surface area (Å²) in [6, 6.07) is 12.6. The highest BCUT2D eigenvalue weighted by Crippen LogP contribution is 2.14. The molecule has 0 spiro atoms. The van der Waals surface area contributed by atoms with Crippen LogP contribution in [0.2, 0.25) is 0 Å². The molecule has 0 saturated carbocycles. The third-order valence-corrected chi connectivity index (χ3v) is 5.52. The minimum absolute atomic E-state index is 0.107. The van der Waals surface area contributed by atoms with Crippen molar-refractivity contribution >= 4 is 23.4 Å². The number of benzene rings is 3. The Kier molecular flexibility index (Phi) is 10.4. The number of carbonyl (C=O) groups is 3. The first-order valence-corrected chi connectivity index (χ1v) is 11.9. The molecule has 0 aromatic heterocycles. The smallest absolute Gasteiger partial charge is 0.268 e. The van der Waals surface area contributed by atoms with Crippen LogP contribution in [-0.4, -0.2) is 46.7 Å². The van der Waals surface area contributed by atoms with E-state index in [0.717, 1.165) is 6.07 Å². The summed E-state index contributed by atoms with van der Waals surface area (Å²) < 4.78 is 39.9. The molecule has 0 fully saturated rings. The lowest BCUT2D eigenvalue weighted by molar-refractivity contribution is -0.133. The second-order valence-corrected chi connectivity index (χ2v) is 8.58. The fourth-order valence-electron chi connectivity index (χ4n) is 3.40. The van der Waals surface area contributed by atoms with Gasteiger partial charge in [0.25, 0.3) is 11.8 Å². The normalized spacial score (nSPS) is 11.9. The average Bonchev–Trinajstić information content (AvgIpc) is 2.93. The van der Waals surface area contributed by atoms with E-state index >= 15 is 0 Å². The highest BCUT2D eigenvalue weighted by atomic mass is 19.2. The van der Waals surface area contributed by atoms with Gasteiger partial charge in [0.15, 0.2) is 11.6 Å². The van der Waals surface area contributed by atoms with Gasteiger partial charge >= 0.3 is 0 Å². The van der Waals surface area contributed by atoms with Gasteiger partial charge in [0.05, 0.1) is 12.6 Å². The number of anilines is 1. The first-order chi connectivity index (χ1) is 19.1. The predicted octanol–water partition coefficient (Wildman–Crippen LogP) is 2.22. The molecule has 0 bridgehead atoms. The van der Waals surface area contributed by atoms with Crippen LogP contribution < -0.4 is 21.4 Å². The predicted molar refractivity (Wildman–Crippen MR) is 138 cm³/mol. The van der Waals surface area contributed by atoms with Crippen LogP contribution in [0.4, 0.5) is 18.9 Å². The number of carbonyl (C=O) groups excluding carboxylic acids is 3. The van der Waals surface area contributed by atoms with Crippen LogP contribution >= 0.6 is 0 Å². The van der Waals surface area contributed by atoms with Crippen molar-refractivity contribution in [2.45, 2.75) is 25.6 Å². The van der Waals surface area contributed by atoms with E-state index in [1.54, 1.807) is 36.4 Å². The van der Waals surface area contributed by atoms with E-state index < -0.39 is 47.3 Å². The van der Waals surface area contributed by atoms with Gasteiger partial charge in [-0.3, -0.25) is 19.6 Å². The molecule has 2 atom stereocenters. The number of hydrogen-bond donors (Lipinski definition) is 6. The zero-order chi connectivity index (χ0) is 29.2. The Morgan fingerprint density at radius 2 is 1.45 bits per heavy atom. The molecule has 40 heavy (non-hydrogen) atoms. The van der Waals surface area contributed by atoms with Gasteiger partial charge in [-0.05, 0) is 61.5 Å². The van der Waals surface area contributed by atoms with Gasteiger partial charge in [0, 0.05) is 40.6 Å². The molecule has 9 nitrogen and oxygen atoms in total. The van der Waals surface area contributed by atoms with Crippen molar-refractivity contribution in [3.63, 3.8) is 0 Å². The summed E-state index contributed by atoms with van der Waals surface area (Å²) >= 11 is 0. The van der Waals surface area contributed by atoms with E-state index in [0.29, 0.717) is 22.9 Å². The standard InChI is InChI=1S/C28H25F3N4O5/c1-16(36)26(28(39)35-40)34-27(38)19-8-4-17(5-9-19)2-3-18-6-10-21(11-7-18)33-25(37)15-32-14-20-12-23(30)24(31)13-22(20)29/h4-13,16,26,32,36,40H,14-15H2,1H3,(H,33,37)(H,34,38)(H,35,39). The lowest BCUT2D eigenvalue weighted by Gasteiger charge is -2.19. The lowest BCUT2D eigenvalue weighted by Crippen LogP contribution is -2.51. The quantitative estimate of drug-likeness (QED) is 0.104. The van der Waals surface area contributed by atoms with Gasteiger partial charge in [-0.25, -0.2) is 18.7 Å². The van der Waals surface area contributed by atoms with Crippen LogP contribution in [0.1, 0.15) is 34.0 Å². The number of amides is 3. The van der Waals surface area contributed by atoms with Crippen LogP contribution in [0, 0.1) is 29.3 Å². The number of aliphatic hydroxyl groups is 1. The highest BCUT2D eigenvalue weighted by Gasteiger charge is 2.25. The van der Waals surface area contributed by atoms with E-state index in [1.807, 2.05) is 0 Å². The van der Waals surface area contributed by atoms with E-state index in [-0.39, 0.29) is 24.2 Å². The Bertz CT molecular complexity index is 1440. The van der Waals surface area contributed by atoms with Crippen LogP contribution in [0.3, 0.4) is 0 Å². The molecular formula is C28H25F3N4O5. The van der Waals surface area contributed by atoms with E-state index in [2.05, 4.69) is 27.8 Å². The zero-order valence-corrected chi connectivity index (χ0v) is 21.1. The first kappa shape index (κ1) is 29.9. The van der Waals surface area contributed by atoms with Crippen LogP contribution in [-0.2, 0) is 16.1 Å². The lowest BCUT2D eigenvalue weighted by atomic mass is 10.1. The Morgan fingerprint density at radius 1 is 0.875 bits per heavy atom. The fraction of sp³-hybridized carbons (Fsp3) is 0.179. The first-order valence-electron chi connectivity index (χ1n) is 11.9. The number of hydrogen-bond acceptors (Lipinski definition) is 6. The Hall–Kier alpha value is -4.70. The topological polar surface area (TPSA) is 140 Å². The molecule has 3 aromatic carbocycles. The third-order valence-electron chi connectivity index (χ3n) is 5.52. The molecule has 3 rings (SSSR count). The Morgan fingerprint density at radius 3 is 2.02 bits per heavy atom. The summed E-state index contributed by atoms with van der Waals surface area (Å²) in [7, 11) is 0. The van der Waals surface area contributed by atoms with Gasteiger partial charge in [-0.15, -0.1) is 0 Å². The van der Waals surface area contributed by atoms with Crippen molar-refractivity contribution in [2.24, 2.45) is 0 Å². The van der Waals surface area contributed by atoms with Gasteiger partial charge in [0.1, 0.15) is 11.9 Å².